The third kappa shape index (κ3) is 2.75. The van der Waals surface area contributed by atoms with E-state index < -0.39 is 0 Å². The fraction of sp³-hybridized carbons (Fsp3) is 0.600. The predicted molar refractivity (Wildman–Crippen MR) is 81.5 cm³/mol. The highest BCUT2D eigenvalue weighted by Gasteiger charge is 2.27. The molecule has 0 spiro atoms. The van der Waals surface area contributed by atoms with Crippen LogP contribution in [0.25, 0.3) is 0 Å². The normalized spacial score (nSPS) is 16.5. The van der Waals surface area contributed by atoms with Gasteiger partial charge in [-0.3, -0.25) is 9.48 Å². The van der Waals surface area contributed by atoms with Crippen molar-refractivity contribution < 1.29 is 4.79 Å². The minimum absolute atomic E-state index is 0.0725. The molecule has 2 aromatic heterocycles. The van der Waals surface area contributed by atoms with Crippen LogP contribution in [0.15, 0.2) is 18.7 Å². The zero-order valence-corrected chi connectivity index (χ0v) is 13.3. The lowest BCUT2D eigenvalue weighted by atomic mass is 9.95. The summed E-state index contributed by atoms with van der Waals surface area (Å²) in [5.74, 6) is 1.47. The SMILES string of the molecule is CC(C)n1cc(C(=O)N2CCC(c3nncn3C)CC2)cn1. The third-order valence-electron chi connectivity index (χ3n) is 4.27. The van der Waals surface area contributed by atoms with E-state index in [2.05, 4.69) is 15.3 Å². The van der Waals surface area contributed by atoms with Crippen molar-refractivity contribution in [3.8, 4) is 0 Å². The van der Waals surface area contributed by atoms with Gasteiger partial charge in [0.1, 0.15) is 12.2 Å². The Morgan fingerprint density at radius 2 is 2.05 bits per heavy atom. The van der Waals surface area contributed by atoms with Crippen LogP contribution in [0, 0.1) is 0 Å². The molecule has 0 atom stereocenters. The number of hydrogen-bond acceptors (Lipinski definition) is 4. The molecule has 0 radical (unpaired) electrons. The van der Waals surface area contributed by atoms with Crippen molar-refractivity contribution in [3.05, 3.63) is 30.1 Å². The number of aryl methyl sites for hydroxylation is 1. The number of carbonyl (C=O) groups is 1. The Kier molecular flexibility index (Phi) is 3.96. The van der Waals surface area contributed by atoms with Crippen molar-refractivity contribution in [2.24, 2.45) is 7.05 Å². The molecule has 0 aromatic carbocycles. The van der Waals surface area contributed by atoms with Gasteiger partial charge < -0.3 is 9.47 Å². The minimum atomic E-state index is 0.0725. The lowest BCUT2D eigenvalue weighted by Gasteiger charge is -2.31. The van der Waals surface area contributed by atoms with Crippen LogP contribution in [0.3, 0.4) is 0 Å². The summed E-state index contributed by atoms with van der Waals surface area (Å²) >= 11 is 0. The van der Waals surface area contributed by atoms with Gasteiger partial charge in [-0.25, -0.2) is 0 Å². The molecule has 22 heavy (non-hydrogen) atoms. The van der Waals surface area contributed by atoms with Gasteiger partial charge in [0.15, 0.2) is 0 Å². The third-order valence-corrected chi connectivity index (χ3v) is 4.27. The number of rotatable bonds is 3. The molecule has 1 saturated heterocycles. The summed E-state index contributed by atoms with van der Waals surface area (Å²) in [6.45, 7) is 5.60. The molecule has 3 heterocycles. The second-order valence-corrected chi connectivity index (χ2v) is 6.17. The largest absolute Gasteiger partial charge is 0.339 e. The molecule has 1 fully saturated rings. The van der Waals surface area contributed by atoms with Gasteiger partial charge in [-0.15, -0.1) is 10.2 Å². The molecule has 0 aliphatic carbocycles. The number of hydrogen-bond donors (Lipinski definition) is 0. The number of likely N-dealkylation sites (tertiary alicyclic amines) is 1. The Balaban J connectivity index is 1.63. The zero-order chi connectivity index (χ0) is 15.7. The van der Waals surface area contributed by atoms with Crippen molar-refractivity contribution in [1.29, 1.82) is 0 Å². The molecule has 7 heteroatoms. The fourth-order valence-electron chi connectivity index (χ4n) is 2.92. The van der Waals surface area contributed by atoms with E-state index in [1.807, 2.05) is 41.2 Å². The Morgan fingerprint density at radius 1 is 1.32 bits per heavy atom. The smallest absolute Gasteiger partial charge is 0.257 e. The van der Waals surface area contributed by atoms with Crippen LogP contribution < -0.4 is 0 Å². The monoisotopic (exact) mass is 302 g/mol. The Labute approximate surface area is 129 Å². The van der Waals surface area contributed by atoms with Crippen LogP contribution in [0.1, 0.15) is 54.8 Å². The quantitative estimate of drug-likeness (QED) is 0.864. The summed E-state index contributed by atoms with van der Waals surface area (Å²) in [6.07, 6.45) is 7.08. The van der Waals surface area contributed by atoms with Gasteiger partial charge in [-0.1, -0.05) is 0 Å². The molecule has 3 rings (SSSR count). The zero-order valence-electron chi connectivity index (χ0n) is 13.3. The summed E-state index contributed by atoms with van der Waals surface area (Å²) in [5.41, 5.74) is 0.672. The first-order valence-corrected chi connectivity index (χ1v) is 7.73. The van der Waals surface area contributed by atoms with Crippen LogP contribution in [0.5, 0.6) is 0 Å². The van der Waals surface area contributed by atoms with E-state index in [1.54, 1.807) is 12.5 Å². The van der Waals surface area contributed by atoms with E-state index in [1.165, 1.54) is 0 Å². The molecule has 0 N–H and O–H groups in total. The first-order valence-electron chi connectivity index (χ1n) is 7.73. The van der Waals surface area contributed by atoms with E-state index >= 15 is 0 Å². The highest BCUT2D eigenvalue weighted by atomic mass is 16.2. The van der Waals surface area contributed by atoms with Gasteiger partial charge >= 0.3 is 0 Å². The van der Waals surface area contributed by atoms with E-state index in [4.69, 9.17) is 0 Å². The maximum Gasteiger partial charge on any atom is 0.257 e. The summed E-state index contributed by atoms with van der Waals surface area (Å²) in [4.78, 5) is 14.4. The second kappa shape index (κ2) is 5.90. The number of carbonyl (C=O) groups excluding carboxylic acids is 1. The highest BCUT2D eigenvalue weighted by molar-refractivity contribution is 5.93. The predicted octanol–water partition coefficient (Wildman–Crippen LogP) is 1.61. The maximum absolute atomic E-state index is 12.5. The molecular weight excluding hydrogens is 280 g/mol. The first-order chi connectivity index (χ1) is 10.6. The fourth-order valence-corrected chi connectivity index (χ4v) is 2.92. The molecule has 1 aliphatic rings. The van der Waals surface area contributed by atoms with E-state index in [9.17, 15) is 4.79 Å². The summed E-state index contributed by atoms with van der Waals surface area (Å²) in [5, 5.41) is 12.4. The molecule has 1 aliphatic heterocycles. The van der Waals surface area contributed by atoms with E-state index in [0.29, 0.717) is 11.5 Å². The number of aromatic nitrogens is 5. The van der Waals surface area contributed by atoms with Crippen LogP contribution in [0.2, 0.25) is 0 Å². The van der Waals surface area contributed by atoms with Crippen LogP contribution in [0.4, 0.5) is 0 Å². The van der Waals surface area contributed by atoms with Crippen LogP contribution in [-0.4, -0.2) is 48.4 Å². The van der Waals surface area contributed by atoms with Gasteiger partial charge in [0.25, 0.3) is 5.91 Å². The Bertz CT molecular complexity index is 651. The molecule has 0 saturated carbocycles. The Hall–Kier alpha value is -2.18. The van der Waals surface area contributed by atoms with Crippen molar-refractivity contribution in [2.75, 3.05) is 13.1 Å². The molecule has 118 valence electrons. The Morgan fingerprint density at radius 3 is 2.59 bits per heavy atom. The molecule has 1 amide bonds. The van der Waals surface area contributed by atoms with Gasteiger partial charge in [0, 0.05) is 38.3 Å². The highest BCUT2D eigenvalue weighted by Crippen LogP contribution is 2.26. The van der Waals surface area contributed by atoms with Gasteiger partial charge in [0.05, 0.1) is 11.8 Å². The maximum atomic E-state index is 12.5. The van der Waals surface area contributed by atoms with E-state index in [0.717, 1.165) is 31.8 Å². The average molecular weight is 302 g/mol. The molecule has 0 unspecified atom stereocenters. The topological polar surface area (TPSA) is 68.8 Å². The molecule has 2 aromatic rings. The number of piperidine rings is 1. The average Bonchev–Trinajstić information content (AvgIpc) is 3.15. The number of amides is 1. The summed E-state index contributed by atoms with van der Waals surface area (Å²) in [7, 11) is 1.97. The standard InChI is InChI=1S/C15H22N6O/c1-11(2)21-9-13(8-17-21)15(22)20-6-4-12(5-7-20)14-18-16-10-19(14)3/h8-12H,4-7H2,1-3H3. The molecular formula is C15H22N6O. The second-order valence-electron chi connectivity index (χ2n) is 6.17. The van der Waals surface area contributed by atoms with Gasteiger partial charge in [-0.05, 0) is 26.7 Å². The van der Waals surface area contributed by atoms with Crippen molar-refractivity contribution in [2.45, 2.75) is 38.6 Å². The lowest BCUT2D eigenvalue weighted by molar-refractivity contribution is 0.0710. The summed E-state index contributed by atoms with van der Waals surface area (Å²) < 4.78 is 3.79. The van der Waals surface area contributed by atoms with Crippen molar-refractivity contribution in [3.63, 3.8) is 0 Å². The number of nitrogens with zero attached hydrogens (tertiary/aromatic N) is 6. The minimum Gasteiger partial charge on any atom is -0.339 e. The van der Waals surface area contributed by atoms with Crippen molar-refractivity contribution >= 4 is 5.91 Å². The summed E-state index contributed by atoms with van der Waals surface area (Å²) in [6, 6.07) is 0.267. The lowest BCUT2D eigenvalue weighted by Crippen LogP contribution is -2.38. The van der Waals surface area contributed by atoms with Gasteiger partial charge in [-0.2, -0.15) is 5.10 Å². The van der Waals surface area contributed by atoms with Crippen LogP contribution in [-0.2, 0) is 7.05 Å². The first kappa shape index (κ1) is 14.7. The van der Waals surface area contributed by atoms with E-state index in [-0.39, 0.29) is 11.9 Å². The molecule has 7 nitrogen and oxygen atoms in total. The molecule has 0 bridgehead atoms. The van der Waals surface area contributed by atoms with Crippen molar-refractivity contribution in [1.82, 2.24) is 29.4 Å². The van der Waals surface area contributed by atoms with Crippen LogP contribution >= 0.6 is 0 Å². The van der Waals surface area contributed by atoms with Gasteiger partial charge in [0.2, 0.25) is 0 Å².